The number of hydrogen-bond donors (Lipinski definition) is 1. The van der Waals surface area contributed by atoms with E-state index in [9.17, 15) is 13.6 Å². The smallest absolute Gasteiger partial charge is 0.275 e. The van der Waals surface area contributed by atoms with Crippen LogP contribution in [0.4, 0.5) is 8.78 Å². The fourth-order valence-corrected chi connectivity index (χ4v) is 0.679. The number of amides is 1. The minimum absolute atomic E-state index is 0.0498. The third-order valence-corrected chi connectivity index (χ3v) is 1.24. The van der Waals surface area contributed by atoms with Gasteiger partial charge >= 0.3 is 11.8 Å². The van der Waals surface area contributed by atoms with Crippen molar-refractivity contribution >= 4 is 5.91 Å². The first kappa shape index (κ1) is 6.41. The summed E-state index contributed by atoms with van der Waals surface area (Å²) in [5.41, 5.74) is 0. The summed E-state index contributed by atoms with van der Waals surface area (Å²) in [5, 5.41) is 0.542. The first-order valence-corrected chi connectivity index (χ1v) is 2.48. The molecule has 1 aliphatic heterocycles. The van der Waals surface area contributed by atoms with E-state index in [4.69, 9.17) is 5.84 Å². The molecule has 0 aromatic rings. The van der Waals surface area contributed by atoms with Gasteiger partial charge in [-0.2, -0.15) is 8.78 Å². The van der Waals surface area contributed by atoms with Gasteiger partial charge in [-0.25, -0.2) is 5.84 Å². The van der Waals surface area contributed by atoms with E-state index in [1.54, 1.807) is 0 Å². The number of nitrogens with zero attached hydrogens (tertiary/aromatic N) is 1. The zero-order valence-electron chi connectivity index (χ0n) is 4.60. The van der Waals surface area contributed by atoms with Crippen molar-refractivity contribution in [3.8, 4) is 0 Å². The molecule has 0 saturated carbocycles. The van der Waals surface area contributed by atoms with Crippen LogP contribution in [0.15, 0.2) is 0 Å². The Balaban J connectivity index is 2.74. The minimum atomic E-state index is -3.21. The highest BCUT2D eigenvalue weighted by atomic mass is 19.3. The number of nitrogens with two attached hydrogens (primary N) is 1. The standard InChI is InChI=1S/C4H6F2N2O/c5-4(6)1-2-8(7)3(4)9/h1-2,7H2. The van der Waals surface area contributed by atoms with Crippen molar-refractivity contribution in [1.29, 1.82) is 0 Å². The topological polar surface area (TPSA) is 46.3 Å². The van der Waals surface area contributed by atoms with Crippen molar-refractivity contribution in [3.05, 3.63) is 0 Å². The second-order valence-corrected chi connectivity index (χ2v) is 1.95. The van der Waals surface area contributed by atoms with Crippen LogP contribution >= 0.6 is 0 Å². The molecule has 1 rings (SSSR count). The van der Waals surface area contributed by atoms with Crippen LogP contribution < -0.4 is 5.84 Å². The number of hydrazine groups is 1. The summed E-state index contributed by atoms with van der Waals surface area (Å²) < 4.78 is 24.2. The monoisotopic (exact) mass is 136 g/mol. The van der Waals surface area contributed by atoms with Crippen LogP contribution in [0.5, 0.6) is 0 Å². The summed E-state index contributed by atoms with van der Waals surface area (Å²) in [6.07, 6.45) is -0.456. The van der Waals surface area contributed by atoms with Gasteiger partial charge in [0.1, 0.15) is 0 Å². The lowest BCUT2D eigenvalue weighted by atomic mass is 10.3. The molecule has 52 valence electrons. The average molecular weight is 136 g/mol. The van der Waals surface area contributed by atoms with Crippen molar-refractivity contribution < 1.29 is 13.6 Å². The van der Waals surface area contributed by atoms with E-state index in [2.05, 4.69) is 0 Å². The second kappa shape index (κ2) is 1.63. The highest BCUT2D eigenvalue weighted by Crippen LogP contribution is 2.25. The predicted octanol–water partition coefficient (Wildman–Crippen LogP) is -0.272. The summed E-state index contributed by atoms with van der Waals surface area (Å²) in [6.45, 7) is -0.0498. The SMILES string of the molecule is NN1CCC(F)(F)C1=O. The summed E-state index contributed by atoms with van der Waals surface area (Å²) in [7, 11) is 0. The van der Waals surface area contributed by atoms with Gasteiger partial charge in [-0.05, 0) is 0 Å². The van der Waals surface area contributed by atoms with Crippen molar-refractivity contribution in [2.45, 2.75) is 12.3 Å². The van der Waals surface area contributed by atoms with Gasteiger partial charge in [0.2, 0.25) is 0 Å². The molecule has 0 aromatic carbocycles. The molecule has 2 N–H and O–H groups in total. The average Bonchev–Trinajstić information content (AvgIpc) is 1.97. The predicted molar refractivity (Wildman–Crippen MR) is 25.5 cm³/mol. The highest BCUT2D eigenvalue weighted by molar-refractivity contribution is 5.84. The Hall–Kier alpha value is -0.710. The van der Waals surface area contributed by atoms with Gasteiger partial charge in [0, 0.05) is 13.0 Å². The maximum absolute atomic E-state index is 12.1. The Bertz CT molecular complexity index is 148. The highest BCUT2D eigenvalue weighted by Gasteiger charge is 2.46. The zero-order chi connectivity index (χ0) is 7.07. The van der Waals surface area contributed by atoms with E-state index in [1.807, 2.05) is 0 Å². The van der Waals surface area contributed by atoms with Crippen molar-refractivity contribution in [3.63, 3.8) is 0 Å². The third-order valence-electron chi connectivity index (χ3n) is 1.24. The van der Waals surface area contributed by atoms with Crippen LogP contribution in [-0.2, 0) is 4.79 Å². The lowest BCUT2D eigenvalue weighted by Gasteiger charge is -2.06. The van der Waals surface area contributed by atoms with Crippen LogP contribution in [0.25, 0.3) is 0 Å². The molecule has 0 aromatic heterocycles. The van der Waals surface area contributed by atoms with Crippen LogP contribution in [-0.4, -0.2) is 23.4 Å². The molecule has 0 atom stereocenters. The van der Waals surface area contributed by atoms with E-state index in [0.717, 1.165) is 0 Å². The quantitative estimate of drug-likeness (QED) is 0.368. The van der Waals surface area contributed by atoms with Gasteiger partial charge in [-0.1, -0.05) is 0 Å². The maximum atomic E-state index is 12.1. The second-order valence-electron chi connectivity index (χ2n) is 1.95. The molecular formula is C4H6F2N2O. The molecule has 0 radical (unpaired) electrons. The molecule has 1 saturated heterocycles. The normalized spacial score (nSPS) is 25.2. The number of alkyl halides is 2. The molecule has 5 heteroatoms. The number of carbonyl (C=O) groups excluding carboxylic acids is 1. The molecule has 1 fully saturated rings. The maximum Gasteiger partial charge on any atom is 0.327 e. The molecule has 1 aliphatic rings. The van der Waals surface area contributed by atoms with Gasteiger partial charge in [0.15, 0.2) is 0 Å². The Morgan fingerprint density at radius 3 is 2.33 bits per heavy atom. The fraction of sp³-hybridized carbons (Fsp3) is 0.750. The van der Waals surface area contributed by atoms with Gasteiger partial charge in [0.05, 0.1) is 0 Å². The summed E-state index contributed by atoms with van der Waals surface area (Å²) in [4.78, 5) is 10.3. The lowest BCUT2D eigenvalue weighted by Crippen LogP contribution is -2.37. The molecule has 0 aliphatic carbocycles. The Morgan fingerprint density at radius 1 is 1.67 bits per heavy atom. The molecule has 3 nitrogen and oxygen atoms in total. The van der Waals surface area contributed by atoms with E-state index in [1.165, 1.54) is 0 Å². The van der Waals surface area contributed by atoms with Gasteiger partial charge in [-0.3, -0.25) is 9.80 Å². The lowest BCUT2D eigenvalue weighted by molar-refractivity contribution is -0.148. The van der Waals surface area contributed by atoms with E-state index in [-0.39, 0.29) is 6.54 Å². The number of rotatable bonds is 0. The Morgan fingerprint density at radius 2 is 2.22 bits per heavy atom. The van der Waals surface area contributed by atoms with Crippen LogP contribution in [0, 0.1) is 0 Å². The Labute approximate surface area is 50.4 Å². The number of carbonyl (C=O) groups is 1. The molecule has 1 amide bonds. The first-order valence-electron chi connectivity index (χ1n) is 2.48. The van der Waals surface area contributed by atoms with E-state index >= 15 is 0 Å². The van der Waals surface area contributed by atoms with Gasteiger partial charge < -0.3 is 0 Å². The van der Waals surface area contributed by atoms with Crippen molar-refractivity contribution in [2.75, 3.05) is 6.54 Å². The first-order chi connectivity index (χ1) is 4.04. The fourth-order valence-electron chi connectivity index (χ4n) is 0.679. The zero-order valence-corrected chi connectivity index (χ0v) is 4.60. The molecule has 1 heterocycles. The molecule has 9 heavy (non-hydrogen) atoms. The van der Waals surface area contributed by atoms with E-state index < -0.39 is 18.3 Å². The van der Waals surface area contributed by atoms with E-state index in [0.29, 0.717) is 5.01 Å². The molecular weight excluding hydrogens is 130 g/mol. The summed E-state index contributed by atoms with van der Waals surface area (Å²) in [5.74, 6) is 0.369. The van der Waals surface area contributed by atoms with Gasteiger partial charge in [0.25, 0.3) is 0 Å². The van der Waals surface area contributed by atoms with Crippen LogP contribution in [0.3, 0.4) is 0 Å². The molecule has 0 bridgehead atoms. The summed E-state index contributed by atoms with van der Waals surface area (Å²) in [6, 6.07) is 0. The summed E-state index contributed by atoms with van der Waals surface area (Å²) >= 11 is 0. The van der Waals surface area contributed by atoms with Crippen molar-refractivity contribution in [2.24, 2.45) is 5.84 Å². The largest absolute Gasteiger partial charge is 0.327 e. The third kappa shape index (κ3) is 0.873. The van der Waals surface area contributed by atoms with Crippen LogP contribution in [0.1, 0.15) is 6.42 Å². The van der Waals surface area contributed by atoms with Crippen LogP contribution in [0.2, 0.25) is 0 Å². The number of hydrogen-bond acceptors (Lipinski definition) is 2. The number of halogens is 2. The molecule has 0 spiro atoms. The Kier molecular flexibility index (Phi) is 1.16. The van der Waals surface area contributed by atoms with Crippen molar-refractivity contribution in [1.82, 2.24) is 5.01 Å². The minimum Gasteiger partial charge on any atom is -0.275 e. The van der Waals surface area contributed by atoms with Gasteiger partial charge in [-0.15, -0.1) is 0 Å². The molecule has 0 unspecified atom stereocenters.